The number of rotatable bonds is 5. The maximum atomic E-state index is 13.0. The summed E-state index contributed by atoms with van der Waals surface area (Å²) < 4.78 is 16.7. The molecule has 4 aromatic rings. The molecule has 160 valence electrons. The molecule has 0 saturated heterocycles. The van der Waals surface area contributed by atoms with E-state index in [4.69, 9.17) is 15.2 Å². The zero-order valence-electron chi connectivity index (χ0n) is 16.6. The van der Waals surface area contributed by atoms with Crippen LogP contribution in [0.3, 0.4) is 0 Å². The first-order valence-electron chi connectivity index (χ1n) is 9.31. The molecule has 0 unspecified atom stereocenters. The molecular weight excluding hydrogens is 418 g/mol. The highest BCUT2D eigenvalue weighted by Gasteiger charge is 2.26. The van der Waals surface area contributed by atoms with Crippen LogP contribution < -0.4 is 20.6 Å². The summed E-state index contributed by atoms with van der Waals surface area (Å²) in [6.07, 6.45) is 3.27. The molecule has 13 heteroatoms. The van der Waals surface area contributed by atoms with Gasteiger partial charge in [-0.15, -0.1) is 5.10 Å². The maximum Gasteiger partial charge on any atom is 0.294 e. The zero-order chi connectivity index (χ0) is 22.1. The zero-order valence-corrected chi connectivity index (χ0v) is 16.6. The van der Waals surface area contributed by atoms with Crippen LogP contribution in [0.2, 0.25) is 0 Å². The van der Waals surface area contributed by atoms with Crippen molar-refractivity contribution in [3.05, 3.63) is 54.0 Å². The number of carbonyl (C=O) groups is 1. The van der Waals surface area contributed by atoms with Crippen molar-refractivity contribution in [3.8, 4) is 28.6 Å². The molecule has 3 N–H and O–H groups in total. The summed E-state index contributed by atoms with van der Waals surface area (Å²) in [5.74, 6) is 0.571. The van der Waals surface area contributed by atoms with Gasteiger partial charge >= 0.3 is 0 Å². The van der Waals surface area contributed by atoms with E-state index in [9.17, 15) is 4.79 Å². The first kappa shape index (κ1) is 19.2. The van der Waals surface area contributed by atoms with Crippen molar-refractivity contribution in [3.63, 3.8) is 0 Å². The van der Waals surface area contributed by atoms with Crippen LogP contribution in [0.15, 0.2) is 52.5 Å². The molecule has 5 rings (SSSR count). The number of anilines is 1. The van der Waals surface area contributed by atoms with E-state index < -0.39 is 5.91 Å². The second-order valence-corrected chi connectivity index (χ2v) is 6.61. The lowest BCUT2D eigenvalue weighted by Crippen LogP contribution is -2.21. The van der Waals surface area contributed by atoms with E-state index in [-0.39, 0.29) is 24.1 Å². The van der Waals surface area contributed by atoms with Gasteiger partial charge in [-0.2, -0.15) is 9.78 Å². The Kier molecular flexibility index (Phi) is 4.67. The van der Waals surface area contributed by atoms with E-state index in [0.717, 1.165) is 5.56 Å². The molecule has 4 heterocycles. The second kappa shape index (κ2) is 7.79. The number of hydrazone groups is 1. The summed E-state index contributed by atoms with van der Waals surface area (Å²) in [6.45, 7) is 1.86. The second-order valence-electron chi connectivity index (χ2n) is 6.61. The van der Waals surface area contributed by atoms with Crippen LogP contribution in [-0.4, -0.2) is 48.7 Å². The number of ether oxygens (including phenoxy) is 2. The summed E-state index contributed by atoms with van der Waals surface area (Å²) in [5, 5.41) is 19.5. The number of nitrogens with zero attached hydrogens (tertiary/aromatic N) is 7. The summed E-state index contributed by atoms with van der Waals surface area (Å²) in [4.78, 5) is 16.9. The molecule has 1 aromatic carbocycles. The molecule has 32 heavy (non-hydrogen) atoms. The predicted octanol–water partition coefficient (Wildman–Crippen LogP) is 1.18. The summed E-state index contributed by atoms with van der Waals surface area (Å²) in [7, 11) is 0. The fourth-order valence-corrected chi connectivity index (χ4v) is 3.07. The van der Waals surface area contributed by atoms with Crippen molar-refractivity contribution in [2.75, 3.05) is 12.5 Å². The first-order chi connectivity index (χ1) is 15.6. The van der Waals surface area contributed by atoms with Crippen molar-refractivity contribution >= 4 is 17.4 Å². The van der Waals surface area contributed by atoms with Gasteiger partial charge in [0.1, 0.15) is 5.69 Å². The molecule has 1 amide bonds. The number of nitrogens with one attached hydrogen (secondary N) is 1. The van der Waals surface area contributed by atoms with Crippen LogP contribution in [-0.2, 0) is 0 Å². The lowest BCUT2D eigenvalue weighted by Gasteiger charge is -2.07. The van der Waals surface area contributed by atoms with Crippen LogP contribution in [0.1, 0.15) is 23.0 Å². The number of hydrogen-bond donors (Lipinski definition) is 2. The lowest BCUT2D eigenvalue weighted by atomic mass is 10.1. The number of amides is 1. The molecule has 0 spiro atoms. The largest absolute Gasteiger partial charge is 0.454 e. The van der Waals surface area contributed by atoms with E-state index in [0.29, 0.717) is 28.5 Å². The highest BCUT2D eigenvalue weighted by atomic mass is 16.7. The Morgan fingerprint density at radius 3 is 2.75 bits per heavy atom. The van der Waals surface area contributed by atoms with Crippen LogP contribution in [0.25, 0.3) is 17.1 Å². The molecule has 1 aliphatic heterocycles. The van der Waals surface area contributed by atoms with E-state index in [2.05, 4.69) is 40.8 Å². The number of aromatic nitrogens is 6. The quantitative estimate of drug-likeness (QED) is 0.344. The number of nitrogen functional groups attached to an aromatic ring is 1. The van der Waals surface area contributed by atoms with Crippen molar-refractivity contribution in [1.29, 1.82) is 0 Å². The molecule has 3 aromatic heterocycles. The fraction of sp³-hybridized carbons (Fsp3) is 0.105. The first-order valence-corrected chi connectivity index (χ1v) is 9.31. The fourth-order valence-electron chi connectivity index (χ4n) is 3.07. The average molecular weight is 433 g/mol. The van der Waals surface area contributed by atoms with Crippen LogP contribution >= 0.6 is 0 Å². The minimum Gasteiger partial charge on any atom is -0.454 e. The SMILES string of the molecule is CC(=NNC(=O)c1nnn(-c2nonc2N)c1-c1ccc2c(c1)OCO2)c1ccncc1. The van der Waals surface area contributed by atoms with E-state index >= 15 is 0 Å². The highest BCUT2D eigenvalue weighted by molar-refractivity contribution is 6.02. The third-order valence-electron chi connectivity index (χ3n) is 4.65. The van der Waals surface area contributed by atoms with Crippen molar-refractivity contribution in [2.24, 2.45) is 5.10 Å². The average Bonchev–Trinajstić information content (AvgIpc) is 3.56. The number of pyridine rings is 1. The predicted molar refractivity (Wildman–Crippen MR) is 109 cm³/mol. The Morgan fingerprint density at radius 1 is 1.16 bits per heavy atom. The van der Waals surface area contributed by atoms with Gasteiger partial charge in [0.25, 0.3) is 5.91 Å². The molecule has 0 bridgehead atoms. The Balaban J connectivity index is 1.55. The number of benzene rings is 1. The number of hydrogen-bond acceptors (Lipinski definition) is 11. The van der Waals surface area contributed by atoms with Gasteiger partial charge in [0.05, 0.1) is 5.71 Å². The summed E-state index contributed by atoms with van der Waals surface area (Å²) >= 11 is 0. The topological polar surface area (TPSA) is 168 Å². The Hall–Kier alpha value is -4.81. The minimum atomic E-state index is -0.590. The van der Waals surface area contributed by atoms with Crippen molar-refractivity contribution in [1.82, 2.24) is 35.7 Å². The normalized spacial score (nSPS) is 12.7. The Morgan fingerprint density at radius 2 is 1.97 bits per heavy atom. The molecule has 1 aliphatic rings. The van der Waals surface area contributed by atoms with Crippen molar-refractivity contribution < 1.29 is 18.9 Å². The number of carbonyl (C=O) groups excluding carboxylic acids is 1. The Bertz CT molecular complexity index is 1330. The summed E-state index contributed by atoms with van der Waals surface area (Å²) in [5.41, 5.74) is 10.6. The molecule has 0 fully saturated rings. The Labute approximate surface area is 179 Å². The standard InChI is InChI=1S/C19H15N9O4/c1-10(11-4-6-21-7-5-11)22-24-19(29)15-16(12-2-3-13-14(8-12)31-9-30-13)28(27-23-15)18-17(20)25-32-26-18/h2-8H,9H2,1H3,(H2,20,25)(H,24,29). The van der Waals surface area contributed by atoms with Crippen molar-refractivity contribution in [2.45, 2.75) is 6.92 Å². The van der Waals surface area contributed by atoms with Crippen LogP contribution in [0, 0.1) is 0 Å². The summed E-state index contributed by atoms with van der Waals surface area (Å²) in [6, 6.07) is 8.70. The molecule has 0 saturated carbocycles. The molecule has 13 nitrogen and oxygen atoms in total. The molecule has 0 radical (unpaired) electrons. The molecule has 0 atom stereocenters. The van der Waals surface area contributed by atoms with Gasteiger partial charge in [-0.25, -0.2) is 10.1 Å². The monoisotopic (exact) mass is 433 g/mol. The molecular formula is C19H15N9O4. The number of nitrogens with two attached hydrogens (primary N) is 1. The van der Waals surface area contributed by atoms with Gasteiger partial charge in [-0.05, 0) is 47.6 Å². The van der Waals surface area contributed by atoms with E-state index in [1.807, 2.05) is 0 Å². The minimum absolute atomic E-state index is 0.0162. The van der Waals surface area contributed by atoms with Gasteiger partial charge in [0.15, 0.2) is 17.2 Å². The third kappa shape index (κ3) is 3.36. The van der Waals surface area contributed by atoms with E-state index in [1.165, 1.54) is 4.68 Å². The third-order valence-corrected chi connectivity index (χ3v) is 4.65. The highest BCUT2D eigenvalue weighted by Crippen LogP contribution is 2.37. The van der Waals surface area contributed by atoms with Crippen LogP contribution in [0.4, 0.5) is 5.82 Å². The van der Waals surface area contributed by atoms with Gasteiger partial charge in [0.2, 0.25) is 18.4 Å². The van der Waals surface area contributed by atoms with Gasteiger partial charge < -0.3 is 15.2 Å². The van der Waals surface area contributed by atoms with Gasteiger partial charge in [-0.3, -0.25) is 9.78 Å². The van der Waals surface area contributed by atoms with Crippen LogP contribution in [0.5, 0.6) is 11.5 Å². The lowest BCUT2D eigenvalue weighted by molar-refractivity contribution is 0.0950. The number of fused-ring (bicyclic) bond motifs is 1. The van der Waals surface area contributed by atoms with Gasteiger partial charge in [0, 0.05) is 23.5 Å². The maximum absolute atomic E-state index is 13.0. The van der Waals surface area contributed by atoms with Gasteiger partial charge in [-0.1, -0.05) is 5.21 Å². The smallest absolute Gasteiger partial charge is 0.294 e. The molecule has 0 aliphatic carbocycles. The van der Waals surface area contributed by atoms with E-state index in [1.54, 1.807) is 49.6 Å².